The van der Waals surface area contributed by atoms with E-state index in [0.717, 1.165) is 0 Å². The molecule has 0 atom stereocenters. The van der Waals surface area contributed by atoms with Crippen LogP contribution in [-0.4, -0.2) is 9.97 Å². The number of fused-ring (bicyclic) bond motifs is 1. The fourth-order valence-electron chi connectivity index (χ4n) is 2.54. The van der Waals surface area contributed by atoms with E-state index < -0.39 is 5.82 Å². The monoisotopic (exact) mass is 389 g/mol. The zero-order valence-electron chi connectivity index (χ0n) is 12.6. The number of thiophene rings is 1. The molecule has 0 aliphatic heterocycles. The summed E-state index contributed by atoms with van der Waals surface area (Å²) in [6.45, 7) is 0. The van der Waals surface area contributed by atoms with Crippen molar-refractivity contribution in [2.24, 2.45) is 0 Å². The molecular formula is C18H10Cl2FN3S. The van der Waals surface area contributed by atoms with Crippen molar-refractivity contribution < 1.29 is 4.39 Å². The summed E-state index contributed by atoms with van der Waals surface area (Å²) in [5, 5.41) is 4.11. The fourth-order valence-corrected chi connectivity index (χ4v) is 3.74. The maximum Gasteiger partial charge on any atom is 0.174 e. The third-order valence-electron chi connectivity index (χ3n) is 3.64. The number of halogens is 3. The maximum absolute atomic E-state index is 15.3. The highest BCUT2D eigenvalue weighted by Crippen LogP contribution is 2.38. The summed E-state index contributed by atoms with van der Waals surface area (Å²) < 4.78 is 15.9. The van der Waals surface area contributed by atoms with E-state index in [2.05, 4.69) is 15.3 Å². The molecule has 0 radical (unpaired) electrons. The van der Waals surface area contributed by atoms with E-state index >= 15 is 4.39 Å². The van der Waals surface area contributed by atoms with Crippen molar-refractivity contribution in [1.82, 2.24) is 9.97 Å². The molecule has 0 saturated carbocycles. The van der Waals surface area contributed by atoms with Crippen LogP contribution in [0.25, 0.3) is 21.5 Å². The van der Waals surface area contributed by atoms with Gasteiger partial charge in [0.2, 0.25) is 0 Å². The van der Waals surface area contributed by atoms with E-state index in [4.69, 9.17) is 23.2 Å². The predicted octanol–water partition coefficient (Wildman–Crippen LogP) is 6.55. The Kier molecular flexibility index (Phi) is 4.29. The van der Waals surface area contributed by atoms with Crippen molar-refractivity contribution in [1.29, 1.82) is 0 Å². The summed E-state index contributed by atoms with van der Waals surface area (Å²) >= 11 is 13.2. The number of hydrogen-bond donors (Lipinski definition) is 1. The van der Waals surface area contributed by atoms with Crippen LogP contribution >= 0.6 is 34.5 Å². The summed E-state index contributed by atoms with van der Waals surface area (Å²) in [5.41, 5.74) is 1.93. The van der Waals surface area contributed by atoms with Gasteiger partial charge in [0.05, 0.1) is 20.4 Å². The Morgan fingerprint density at radius 1 is 1.04 bits per heavy atom. The average Bonchev–Trinajstić information content (AvgIpc) is 3.03. The Labute approximate surface area is 157 Å². The van der Waals surface area contributed by atoms with E-state index in [-0.39, 0.29) is 5.69 Å². The van der Waals surface area contributed by atoms with Gasteiger partial charge in [0.1, 0.15) is 10.8 Å². The average molecular weight is 390 g/mol. The Morgan fingerprint density at radius 3 is 2.64 bits per heavy atom. The van der Waals surface area contributed by atoms with Crippen LogP contribution in [0.15, 0.2) is 54.7 Å². The van der Waals surface area contributed by atoms with Crippen molar-refractivity contribution >= 4 is 56.8 Å². The van der Waals surface area contributed by atoms with Crippen LogP contribution in [0.5, 0.6) is 0 Å². The molecule has 1 N–H and O–H groups in total. The van der Waals surface area contributed by atoms with Crippen molar-refractivity contribution in [3.8, 4) is 10.6 Å². The van der Waals surface area contributed by atoms with Gasteiger partial charge in [0.15, 0.2) is 5.82 Å². The van der Waals surface area contributed by atoms with E-state index in [1.54, 1.807) is 30.5 Å². The fraction of sp³-hybridized carbons (Fsp3) is 0. The van der Waals surface area contributed by atoms with Crippen LogP contribution in [0.2, 0.25) is 9.49 Å². The zero-order chi connectivity index (χ0) is 17.4. The van der Waals surface area contributed by atoms with E-state index in [9.17, 15) is 0 Å². The van der Waals surface area contributed by atoms with Crippen LogP contribution in [0, 0.1) is 5.82 Å². The normalized spacial score (nSPS) is 11.0. The van der Waals surface area contributed by atoms with Gasteiger partial charge in [-0.05, 0) is 30.3 Å². The van der Waals surface area contributed by atoms with Gasteiger partial charge < -0.3 is 5.32 Å². The van der Waals surface area contributed by atoms with Crippen LogP contribution in [0.4, 0.5) is 15.8 Å². The zero-order valence-corrected chi connectivity index (χ0v) is 15.0. The highest BCUT2D eigenvalue weighted by atomic mass is 35.5. The van der Waals surface area contributed by atoms with Gasteiger partial charge in [0, 0.05) is 17.3 Å². The molecule has 3 aromatic heterocycles. The molecule has 0 unspecified atom stereocenters. The lowest BCUT2D eigenvalue weighted by molar-refractivity contribution is 0.632. The number of rotatable bonds is 3. The first kappa shape index (κ1) is 16.3. The predicted molar refractivity (Wildman–Crippen MR) is 103 cm³/mol. The second-order valence-corrected chi connectivity index (χ2v) is 7.36. The largest absolute Gasteiger partial charge is 0.352 e. The lowest BCUT2D eigenvalue weighted by Crippen LogP contribution is -2.00. The standard InChI is InChI=1S/C18H10Cl2FN3S/c19-14-9-10(7-8-22-14)23-17-11-3-1-2-4-12(11)24-18(16(17)21)13-5-6-15(20)25-13/h1-9H,(H,22,23,24). The molecule has 0 amide bonds. The molecule has 4 rings (SSSR count). The number of nitrogens with zero attached hydrogens (tertiary/aromatic N) is 2. The van der Waals surface area contributed by atoms with Crippen LogP contribution in [0.3, 0.4) is 0 Å². The van der Waals surface area contributed by atoms with E-state index in [1.807, 2.05) is 24.3 Å². The maximum atomic E-state index is 15.3. The van der Waals surface area contributed by atoms with Gasteiger partial charge in [-0.2, -0.15) is 0 Å². The number of pyridine rings is 2. The number of benzene rings is 1. The van der Waals surface area contributed by atoms with Crippen LogP contribution in [0.1, 0.15) is 0 Å². The first-order valence-electron chi connectivity index (χ1n) is 7.34. The Bertz CT molecular complexity index is 1080. The number of para-hydroxylation sites is 1. The number of nitrogens with one attached hydrogen (secondary N) is 1. The summed E-state index contributed by atoms with van der Waals surface area (Å²) in [6.07, 6.45) is 1.56. The summed E-state index contributed by atoms with van der Waals surface area (Å²) in [5.74, 6) is -0.440. The SMILES string of the molecule is Fc1c(-c2ccc(Cl)s2)nc2ccccc2c1Nc1ccnc(Cl)c1. The summed E-state index contributed by atoms with van der Waals surface area (Å²) in [7, 11) is 0. The molecule has 1 aromatic carbocycles. The molecule has 0 spiro atoms. The molecular weight excluding hydrogens is 380 g/mol. The molecule has 25 heavy (non-hydrogen) atoms. The lowest BCUT2D eigenvalue weighted by Gasteiger charge is -2.13. The van der Waals surface area contributed by atoms with Crippen LogP contribution < -0.4 is 5.32 Å². The topological polar surface area (TPSA) is 37.8 Å². The third-order valence-corrected chi connectivity index (χ3v) is 5.08. The van der Waals surface area contributed by atoms with Gasteiger partial charge in [-0.25, -0.2) is 14.4 Å². The minimum Gasteiger partial charge on any atom is -0.352 e. The quantitative estimate of drug-likeness (QED) is 0.403. The second kappa shape index (κ2) is 6.59. The smallest absolute Gasteiger partial charge is 0.174 e. The summed E-state index contributed by atoms with van der Waals surface area (Å²) in [4.78, 5) is 9.09. The van der Waals surface area contributed by atoms with Crippen molar-refractivity contribution in [3.05, 3.63) is 70.0 Å². The second-order valence-electron chi connectivity index (χ2n) is 5.26. The number of aromatic nitrogens is 2. The third kappa shape index (κ3) is 3.18. The molecule has 0 aliphatic carbocycles. The molecule has 0 aliphatic rings. The Morgan fingerprint density at radius 2 is 1.88 bits per heavy atom. The van der Waals surface area contributed by atoms with Gasteiger partial charge in [-0.1, -0.05) is 41.4 Å². The molecule has 7 heteroatoms. The first-order valence-corrected chi connectivity index (χ1v) is 8.91. The molecule has 0 bridgehead atoms. The highest BCUT2D eigenvalue weighted by Gasteiger charge is 2.18. The first-order chi connectivity index (χ1) is 12.1. The molecule has 3 heterocycles. The molecule has 3 nitrogen and oxygen atoms in total. The Balaban J connectivity index is 1.93. The molecule has 4 aromatic rings. The van der Waals surface area contributed by atoms with Gasteiger partial charge in [-0.3, -0.25) is 0 Å². The van der Waals surface area contributed by atoms with Crippen molar-refractivity contribution in [2.75, 3.05) is 5.32 Å². The molecule has 124 valence electrons. The van der Waals surface area contributed by atoms with Crippen LogP contribution in [-0.2, 0) is 0 Å². The number of anilines is 2. The van der Waals surface area contributed by atoms with Gasteiger partial charge >= 0.3 is 0 Å². The molecule has 0 saturated heterocycles. The Hall–Kier alpha value is -2.21. The lowest BCUT2D eigenvalue weighted by atomic mass is 10.1. The van der Waals surface area contributed by atoms with E-state index in [1.165, 1.54) is 11.3 Å². The van der Waals surface area contributed by atoms with Crippen molar-refractivity contribution in [2.45, 2.75) is 0 Å². The van der Waals surface area contributed by atoms with E-state index in [0.29, 0.717) is 36.6 Å². The van der Waals surface area contributed by atoms with Gasteiger partial charge in [-0.15, -0.1) is 11.3 Å². The highest BCUT2D eigenvalue weighted by molar-refractivity contribution is 7.19. The number of hydrogen-bond acceptors (Lipinski definition) is 4. The molecule has 0 fully saturated rings. The van der Waals surface area contributed by atoms with Gasteiger partial charge in [0.25, 0.3) is 0 Å². The minimum absolute atomic E-state index is 0.262. The summed E-state index contributed by atoms with van der Waals surface area (Å²) in [6, 6.07) is 14.2. The minimum atomic E-state index is -0.440. The van der Waals surface area contributed by atoms with Crippen molar-refractivity contribution in [3.63, 3.8) is 0 Å².